The molecule has 0 radical (unpaired) electrons. The first kappa shape index (κ1) is 14.8. The molecule has 2 rings (SSSR count). The number of hydrogen-bond acceptors (Lipinski definition) is 2. The lowest BCUT2D eigenvalue weighted by atomic mass is 10.1. The van der Waals surface area contributed by atoms with Crippen LogP contribution in [-0.4, -0.2) is 4.99 Å². The minimum atomic E-state index is 0.322. The topological polar surface area (TPSA) is 35.2 Å². The van der Waals surface area contributed by atoms with E-state index >= 15 is 0 Å². The Morgan fingerprint density at radius 2 is 1.70 bits per heavy atom. The van der Waals surface area contributed by atoms with Crippen molar-refractivity contribution < 1.29 is 4.74 Å². The van der Waals surface area contributed by atoms with Crippen LogP contribution in [0.15, 0.2) is 30.3 Å². The number of thiocarbonyl (C=S) groups is 1. The second kappa shape index (κ2) is 5.81. The zero-order chi connectivity index (χ0) is 14.9. The maximum atomic E-state index is 6.16. The molecule has 0 heterocycles. The first-order chi connectivity index (χ1) is 9.38. The lowest BCUT2D eigenvalue weighted by molar-refractivity contribution is 0.480. The summed E-state index contributed by atoms with van der Waals surface area (Å²) >= 11 is 11.2. The van der Waals surface area contributed by atoms with Crippen molar-refractivity contribution in [3.8, 4) is 11.5 Å². The van der Waals surface area contributed by atoms with Gasteiger partial charge in [-0.05, 0) is 61.7 Å². The Balaban J connectivity index is 2.44. The minimum absolute atomic E-state index is 0.322. The highest BCUT2D eigenvalue weighted by Gasteiger charge is 2.10. The van der Waals surface area contributed by atoms with Gasteiger partial charge in [0.15, 0.2) is 0 Å². The van der Waals surface area contributed by atoms with Crippen molar-refractivity contribution in [1.82, 2.24) is 0 Å². The van der Waals surface area contributed by atoms with Crippen molar-refractivity contribution in [3.05, 3.63) is 57.6 Å². The van der Waals surface area contributed by atoms with Crippen molar-refractivity contribution in [1.29, 1.82) is 0 Å². The Bertz CT molecular complexity index is 659. The molecule has 0 saturated carbocycles. The molecule has 104 valence electrons. The second-order valence-electron chi connectivity index (χ2n) is 4.84. The van der Waals surface area contributed by atoms with E-state index in [9.17, 15) is 0 Å². The maximum Gasteiger partial charge on any atom is 0.137 e. The Morgan fingerprint density at radius 3 is 2.25 bits per heavy atom. The standard InChI is InChI=1S/C16H16ClNOS/c1-9-4-5-13(16(18)20)14(6-9)19-12-7-10(2)15(17)11(3)8-12/h4-8H,1-3H3,(H2,18,20). The van der Waals surface area contributed by atoms with E-state index in [-0.39, 0.29) is 0 Å². The number of hydrogen-bond donors (Lipinski definition) is 1. The zero-order valence-corrected chi connectivity index (χ0v) is 13.2. The summed E-state index contributed by atoms with van der Waals surface area (Å²) in [5, 5.41) is 0.760. The summed E-state index contributed by atoms with van der Waals surface area (Å²) in [6.45, 7) is 5.90. The molecule has 2 aromatic rings. The number of halogens is 1. The van der Waals surface area contributed by atoms with E-state index in [0.717, 1.165) is 33.0 Å². The van der Waals surface area contributed by atoms with Gasteiger partial charge < -0.3 is 10.5 Å². The van der Waals surface area contributed by atoms with Gasteiger partial charge in [0.2, 0.25) is 0 Å². The van der Waals surface area contributed by atoms with E-state index in [0.29, 0.717) is 10.7 Å². The largest absolute Gasteiger partial charge is 0.457 e. The van der Waals surface area contributed by atoms with Gasteiger partial charge >= 0.3 is 0 Å². The third-order valence-corrected chi connectivity index (χ3v) is 3.86. The van der Waals surface area contributed by atoms with Gasteiger partial charge in [-0.3, -0.25) is 0 Å². The highest BCUT2D eigenvalue weighted by atomic mass is 35.5. The highest BCUT2D eigenvalue weighted by molar-refractivity contribution is 7.80. The van der Waals surface area contributed by atoms with Crippen molar-refractivity contribution >= 4 is 28.8 Å². The van der Waals surface area contributed by atoms with E-state index in [2.05, 4.69) is 0 Å². The fourth-order valence-electron chi connectivity index (χ4n) is 2.01. The Morgan fingerprint density at radius 1 is 1.10 bits per heavy atom. The molecule has 0 saturated heterocycles. The molecule has 0 spiro atoms. The number of ether oxygens (including phenoxy) is 1. The molecule has 4 heteroatoms. The number of benzene rings is 2. The van der Waals surface area contributed by atoms with Crippen molar-refractivity contribution in [2.75, 3.05) is 0 Å². The summed E-state index contributed by atoms with van der Waals surface area (Å²) in [6, 6.07) is 9.57. The van der Waals surface area contributed by atoms with Gasteiger partial charge in [0.1, 0.15) is 16.5 Å². The van der Waals surface area contributed by atoms with Crippen LogP contribution in [0.25, 0.3) is 0 Å². The molecule has 0 aliphatic carbocycles. The molecule has 0 unspecified atom stereocenters. The second-order valence-corrected chi connectivity index (χ2v) is 5.65. The minimum Gasteiger partial charge on any atom is -0.457 e. The fourth-order valence-corrected chi connectivity index (χ4v) is 2.29. The van der Waals surface area contributed by atoms with Crippen molar-refractivity contribution in [3.63, 3.8) is 0 Å². The van der Waals surface area contributed by atoms with E-state index in [1.165, 1.54) is 0 Å². The Hall–Kier alpha value is -1.58. The van der Waals surface area contributed by atoms with Gasteiger partial charge in [-0.15, -0.1) is 0 Å². The summed E-state index contributed by atoms with van der Waals surface area (Å²) < 4.78 is 5.94. The molecule has 0 aliphatic heterocycles. The number of aryl methyl sites for hydroxylation is 3. The summed E-state index contributed by atoms with van der Waals surface area (Å²) in [7, 11) is 0. The van der Waals surface area contributed by atoms with Crippen LogP contribution in [0.5, 0.6) is 11.5 Å². The summed E-state index contributed by atoms with van der Waals surface area (Å²) in [5.41, 5.74) is 9.51. The molecule has 0 amide bonds. The molecular formula is C16H16ClNOS. The summed E-state index contributed by atoms with van der Waals surface area (Å²) in [5.74, 6) is 1.39. The molecule has 2 nitrogen and oxygen atoms in total. The molecular weight excluding hydrogens is 290 g/mol. The van der Waals surface area contributed by atoms with E-state index in [1.807, 2.05) is 51.1 Å². The molecule has 0 aliphatic rings. The van der Waals surface area contributed by atoms with Gasteiger partial charge in [-0.1, -0.05) is 29.9 Å². The average Bonchev–Trinajstić information content (AvgIpc) is 2.35. The molecule has 0 aromatic heterocycles. The van der Waals surface area contributed by atoms with Crippen LogP contribution in [0.2, 0.25) is 5.02 Å². The van der Waals surface area contributed by atoms with Crippen molar-refractivity contribution in [2.45, 2.75) is 20.8 Å². The molecule has 20 heavy (non-hydrogen) atoms. The van der Waals surface area contributed by atoms with Gasteiger partial charge in [0, 0.05) is 5.02 Å². The predicted molar refractivity (Wildman–Crippen MR) is 88.1 cm³/mol. The Labute approximate surface area is 129 Å². The van der Waals surface area contributed by atoms with Gasteiger partial charge in [0.05, 0.1) is 5.56 Å². The van der Waals surface area contributed by atoms with Crippen LogP contribution >= 0.6 is 23.8 Å². The van der Waals surface area contributed by atoms with E-state index in [4.69, 9.17) is 34.3 Å². The fraction of sp³-hybridized carbons (Fsp3) is 0.188. The third kappa shape index (κ3) is 3.11. The van der Waals surface area contributed by atoms with Crippen LogP contribution in [0.3, 0.4) is 0 Å². The van der Waals surface area contributed by atoms with Crippen LogP contribution in [-0.2, 0) is 0 Å². The van der Waals surface area contributed by atoms with Crippen LogP contribution < -0.4 is 10.5 Å². The summed E-state index contributed by atoms with van der Waals surface area (Å²) in [4.78, 5) is 0.322. The molecule has 0 bridgehead atoms. The van der Waals surface area contributed by atoms with E-state index < -0.39 is 0 Å². The smallest absolute Gasteiger partial charge is 0.137 e. The van der Waals surface area contributed by atoms with Crippen molar-refractivity contribution in [2.24, 2.45) is 5.73 Å². The Kier molecular flexibility index (Phi) is 4.31. The lowest BCUT2D eigenvalue weighted by Crippen LogP contribution is -2.10. The normalized spacial score (nSPS) is 10.4. The van der Waals surface area contributed by atoms with Crippen LogP contribution in [0, 0.1) is 20.8 Å². The van der Waals surface area contributed by atoms with Crippen LogP contribution in [0.1, 0.15) is 22.3 Å². The number of nitrogens with two attached hydrogens (primary N) is 1. The lowest BCUT2D eigenvalue weighted by Gasteiger charge is -2.13. The first-order valence-electron chi connectivity index (χ1n) is 6.23. The number of rotatable bonds is 3. The van der Waals surface area contributed by atoms with Gasteiger partial charge in [0.25, 0.3) is 0 Å². The SMILES string of the molecule is Cc1ccc(C(N)=S)c(Oc2cc(C)c(Cl)c(C)c2)c1. The third-order valence-electron chi connectivity index (χ3n) is 3.04. The van der Waals surface area contributed by atoms with Gasteiger partial charge in [-0.25, -0.2) is 0 Å². The predicted octanol–water partition coefficient (Wildman–Crippen LogP) is 4.69. The first-order valence-corrected chi connectivity index (χ1v) is 7.02. The molecule has 0 atom stereocenters. The van der Waals surface area contributed by atoms with Crippen LogP contribution in [0.4, 0.5) is 0 Å². The van der Waals surface area contributed by atoms with E-state index in [1.54, 1.807) is 0 Å². The molecule has 2 aromatic carbocycles. The van der Waals surface area contributed by atoms with Gasteiger partial charge in [-0.2, -0.15) is 0 Å². The average molecular weight is 306 g/mol. The maximum absolute atomic E-state index is 6.16. The molecule has 2 N–H and O–H groups in total. The molecule has 0 fully saturated rings. The highest BCUT2D eigenvalue weighted by Crippen LogP contribution is 2.31. The summed E-state index contributed by atoms with van der Waals surface area (Å²) in [6.07, 6.45) is 0. The zero-order valence-electron chi connectivity index (χ0n) is 11.7. The quantitative estimate of drug-likeness (QED) is 0.835. The monoisotopic (exact) mass is 305 g/mol.